The van der Waals surface area contributed by atoms with Gasteiger partial charge in [-0.25, -0.2) is 29.6 Å². The molecule has 13 rings (SSSR count). The molecule has 1 radical (unpaired) electrons. The van der Waals surface area contributed by atoms with Gasteiger partial charge in [0.05, 0.1) is 71.9 Å². The number of hydrogen-bond donors (Lipinski definition) is 2. The summed E-state index contributed by atoms with van der Waals surface area (Å²) in [6.45, 7) is 4.30. The molecule has 0 saturated carbocycles. The Kier molecular flexibility index (Phi) is 14.0. The molecule has 0 bridgehead atoms. The van der Waals surface area contributed by atoms with E-state index in [-0.39, 0.29) is 139 Å². The molecule has 471 valence electrons. The first kappa shape index (κ1) is 38.4. The molecule has 0 atom stereocenters. The van der Waals surface area contributed by atoms with Crippen LogP contribution in [0.4, 0.5) is 17.1 Å². The van der Waals surface area contributed by atoms with E-state index in [0.717, 1.165) is 24.6 Å². The number of aryl methyl sites for hydroxylation is 10. The van der Waals surface area contributed by atoms with E-state index in [1.54, 1.807) is 42.6 Å². The summed E-state index contributed by atoms with van der Waals surface area (Å²) < 4.78 is 254. The van der Waals surface area contributed by atoms with Crippen molar-refractivity contribution in [3.63, 3.8) is 0 Å². The number of imidazole rings is 5. The zero-order chi connectivity index (χ0) is 93.5. The molecule has 0 unspecified atom stereocenters. The van der Waals surface area contributed by atoms with Crippen molar-refractivity contribution in [2.45, 2.75) is 68.7 Å². The van der Waals surface area contributed by atoms with Gasteiger partial charge in [-0.15, -0.1) is 23.8 Å². The SMILES string of the molecule is Cc1cccc(C)c1-n1ccnc1.[2H]c1nc(-c2[c-]ccc([N+]#[C-])c2)n(-c2c(C([2H])([2H])[2H])cccc2C([2H])([2H])[2H])c1[2H].[2H]c1nc(-c2cccc([N+]#[C-])c2)n(-c2c(C([2H])([2H])[2H])cccc2C([2H])([2H])[2H])c1[2H].[2H]c1nc(Br)n(-c2c(C([2H])([2H])[2H])cccc2C([2H])([2H])[2H])c1[2H].[2H]c1ncn(-c2c(C([2H])([2H])[2H])cccc2C([2H])([2H])[2H])c1[2H].[C-]#[N+]c1cccc(B(O)O)c1.[Ir]. The van der Waals surface area contributed by atoms with E-state index in [2.05, 4.69) is 93.5 Å². The van der Waals surface area contributed by atoms with E-state index in [0.29, 0.717) is 16.7 Å². The molecule has 13 aromatic rings. The standard InChI is InChI=1S/C18H15N3.C18H14N3.C11H11BrN2.2C11H12N2.C7H6BNO2.Ir/c2*1-13-6-4-7-14(2)17(13)21-11-10-20-18(21)15-8-5-9-16(12-15)19-3;1-8-4-3-5-9(2)10(8)14-7-6-13-11(14)12;2*1-9-4-3-5-10(2)11(9)13-7-6-12-8-13;1-9-7-4-2-3-6(5-7)8(10)11;/h4-12H,1-2H3;4-7,9-12H,1-2H3;3-7H,1-2H3;2*3-8H,1-2H3;2-5,10-11H;/q;-1;;;;;/i2*1D3,2D3,10D,11D;2*1D3,2D3,6D,7D;;;. The maximum Gasteiger partial charge on any atom is 0.487 e. The molecule has 15 nitrogen and oxygen atoms in total. The predicted octanol–water partition coefficient (Wildman–Crippen LogP) is 17.4. The van der Waals surface area contributed by atoms with Crippen molar-refractivity contribution in [1.29, 1.82) is 0 Å². The van der Waals surface area contributed by atoms with Gasteiger partial charge in [0.1, 0.15) is 11.5 Å². The van der Waals surface area contributed by atoms with Crippen LogP contribution >= 0.6 is 15.9 Å². The zero-order valence-corrected chi connectivity index (χ0v) is 53.3. The minimum Gasteiger partial charge on any atom is -0.423 e. The quantitative estimate of drug-likeness (QED) is 0.114. The number of nitrogens with zero attached hydrogens (tertiary/aromatic N) is 13. The van der Waals surface area contributed by atoms with Crippen molar-refractivity contribution < 1.29 is 74.0 Å². The Morgan fingerprint density at radius 3 is 1.36 bits per heavy atom. The summed E-state index contributed by atoms with van der Waals surface area (Å²) in [5.74, 6) is -0.0135. The van der Waals surface area contributed by atoms with Gasteiger partial charge in [0.25, 0.3) is 0 Å². The molecule has 0 aliphatic rings. The molecule has 5 aromatic heterocycles. The van der Waals surface area contributed by atoms with Crippen molar-refractivity contribution in [2.24, 2.45) is 0 Å². The number of aromatic nitrogens is 10. The van der Waals surface area contributed by atoms with Crippen molar-refractivity contribution >= 4 is 45.6 Å². The Labute approximate surface area is 618 Å². The van der Waals surface area contributed by atoms with Crippen LogP contribution in [0.15, 0.2) is 237 Å². The average molecular weight is 1510 g/mol. The van der Waals surface area contributed by atoms with Crippen LogP contribution in [0.3, 0.4) is 0 Å². The third-order valence-electron chi connectivity index (χ3n) is 12.9. The molecule has 0 aliphatic carbocycles. The maximum absolute atomic E-state index is 8.70. The summed E-state index contributed by atoms with van der Waals surface area (Å²) in [6.07, 6.45) is 3.37. The van der Waals surface area contributed by atoms with E-state index in [1.165, 1.54) is 120 Å². The van der Waals surface area contributed by atoms with Crippen molar-refractivity contribution in [2.75, 3.05) is 0 Å². The predicted molar refractivity (Wildman–Crippen MR) is 378 cm³/mol. The fourth-order valence-electron chi connectivity index (χ4n) is 8.72. The van der Waals surface area contributed by atoms with Gasteiger partial charge >= 0.3 is 7.12 Å². The van der Waals surface area contributed by atoms with Gasteiger partial charge in [-0.2, -0.15) is 6.07 Å². The van der Waals surface area contributed by atoms with Gasteiger partial charge < -0.3 is 23.7 Å². The molecule has 0 fully saturated rings. The Bertz CT molecular complexity index is 5870. The molecule has 0 saturated heterocycles. The molecule has 0 aliphatic heterocycles. The van der Waals surface area contributed by atoms with Crippen LogP contribution in [0.5, 0.6) is 0 Å². The van der Waals surface area contributed by atoms with Gasteiger partial charge in [0.2, 0.25) is 0 Å². The number of hydrogen-bond acceptors (Lipinski definition) is 7. The van der Waals surface area contributed by atoms with Crippen LogP contribution < -0.4 is 5.46 Å². The first-order chi connectivity index (χ1) is 57.9. The zero-order valence-electron chi connectivity index (χ0n) is 81.3. The van der Waals surface area contributed by atoms with Crippen molar-refractivity contribution in [3.05, 3.63) is 333 Å². The third kappa shape index (κ3) is 17.9. The first-order valence-corrected chi connectivity index (χ1v) is 27.9. The Balaban J connectivity index is 0.000000213. The van der Waals surface area contributed by atoms with Crippen LogP contribution in [0, 0.1) is 94.4 Å². The summed E-state index contributed by atoms with van der Waals surface area (Å²) >= 11 is 3.05. The van der Waals surface area contributed by atoms with E-state index in [4.69, 9.17) is 73.6 Å². The summed E-state index contributed by atoms with van der Waals surface area (Å²) in [5, 5.41) is 17.4. The molecule has 0 amide bonds. The number of para-hydroxylation sites is 5. The molecule has 0 spiro atoms. The number of benzene rings is 8. The van der Waals surface area contributed by atoms with Crippen LogP contribution in [-0.4, -0.2) is 64.9 Å². The largest absolute Gasteiger partial charge is 0.487 e. The summed E-state index contributed by atoms with van der Waals surface area (Å²) in [5.41, 5.74) is 3.05. The van der Waals surface area contributed by atoms with Crippen LogP contribution in [0.25, 0.3) is 65.7 Å². The van der Waals surface area contributed by atoms with Gasteiger partial charge in [-0.3, -0.25) is 19.0 Å². The first-order valence-electron chi connectivity index (χ1n) is 43.1. The molecule has 2 N–H and O–H groups in total. The Hall–Kier alpha value is -10.6. The maximum atomic E-state index is 8.70. The molecule has 18 heteroatoms. The minimum absolute atomic E-state index is 0. The third-order valence-corrected chi connectivity index (χ3v) is 13.4. The second-order valence-corrected chi connectivity index (χ2v) is 19.8. The summed E-state index contributed by atoms with van der Waals surface area (Å²) in [6, 6.07) is 41.6. The van der Waals surface area contributed by atoms with Gasteiger partial charge in [0.15, 0.2) is 16.1 Å². The number of halogens is 1. The van der Waals surface area contributed by atoms with Gasteiger partial charge in [0, 0.05) is 126 Å². The average Bonchev–Trinajstić information content (AvgIpc) is 1.54. The normalized spacial score (nSPS) is 16.1. The fourth-order valence-corrected chi connectivity index (χ4v) is 9.07. The molecule has 94 heavy (non-hydrogen) atoms. The van der Waals surface area contributed by atoms with Crippen molar-refractivity contribution in [3.8, 4) is 51.2 Å². The van der Waals surface area contributed by atoms with Crippen LogP contribution in [0.1, 0.15) is 99.5 Å². The molecular formula is C76H70BBrIrN13O2-. The fraction of sp³-hybridized carbons (Fsp3) is 0.132. The second kappa shape index (κ2) is 34.2. The summed E-state index contributed by atoms with van der Waals surface area (Å²) in [4.78, 5) is 29.3. The van der Waals surface area contributed by atoms with Gasteiger partial charge in [-0.1, -0.05) is 133 Å². The molecule has 8 aromatic carbocycles. The van der Waals surface area contributed by atoms with Gasteiger partial charge in [-0.05, 0) is 152 Å². The minimum atomic E-state index is -2.67. The Morgan fingerprint density at radius 2 is 0.894 bits per heavy atom. The monoisotopic (exact) mass is 1510 g/mol. The van der Waals surface area contributed by atoms with E-state index < -0.39 is 92.8 Å². The van der Waals surface area contributed by atoms with Crippen LogP contribution in [-0.2, 0) is 20.1 Å². The van der Waals surface area contributed by atoms with Crippen molar-refractivity contribution in [1.82, 2.24) is 47.8 Å². The van der Waals surface area contributed by atoms with Crippen LogP contribution in [0.2, 0.25) is 0 Å². The molecule has 5 heterocycles. The summed E-state index contributed by atoms with van der Waals surface area (Å²) in [7, 11) is -1.49. The second-order valence-electron chi connectivity index (χ2n) is 19.1. The number of rotatable bonds is 8. The topological polar surface area (TPSA) is 143 Å². The molecular weight excluding hydrogens is 1410 g/mol. The smallest absolute Gasteiger partial charge is 0.423 e. The van der Waals surface area contributed by atoms with E-state index in [9.17, 15) is 0 Å². The Morgan fingerprint density at radius 1 is 0.468 bits per heavy atom. The van der Waals surface area contributed by atoms with E-state index >= 15 is 0 Å². The van der Waals surface area contributed by atoms with E-state index in [1.807, 2.05) is 17.1 Å².